The van der Waals surface area contributed by atoms with Crippen LogP contribution in [0.3, 0.4) is 0 Å². The molecule has 0 aliphatic carbocycles. The molecular weight excluding hydrogens is 394 g/mol. The number of amides is 1. The quantitative estimate of drug-likeness (QED) is 0.522. The van der Waals surface area contributed by atoms with Gasteiger partial charge in [-0.1, -0.05) is 36.1 Å². The van der Waals surface area contributed by atoms with E-state index < -0.39 is 23.0 Å². The van der Waals surface area contributed by atoms with Crippen LogP contribution in [0.1, 0.15) is 65.0 Å². The van der Waals surface area contributed by atoms with Gasteiger partial charge in [0.2, 0.25) is 0 Å². The minimum atomic E-state index is -0.830. The van der Waals surface area contributed by atoms with Crippen LogP contribution in [0.15, 0.2) is 30.3 Å². The summed E-state index contributed by atoms with van der Waals surface area (Å²) < 4.78 is 17.1. The van der Waals surface area contributed by atoms with E-state index in [4.69, 9.17) is 19.3 Å². The lowest BCUT2D eigenvalue weighted by atomic mass is 9.98. The molecule has 170 valence electrons. The van der Waals surface area contributed by atoms with Gasteiger partial charge in [0.15, 0.2) is 5.79 Å². The van der Waals surface area contributed by atoms with E-state index in [0.717, 1.165) is 30.4 Å². The van der Waals surface area contributed by atoms with Crippen molar-refractivity contribution in [3.8, 4) is 11.8 Å². The minimum Gasteiger partial charge on any atom is -0.444 e. The van der Waals surface area contributed by atoms with Crippen LogP contribution in [0.4, 0.5) is 4.79 Å². The van der Waals surface area contributed by atoms with E-state index in [1.54, 1.807) is 0 Å². The highest BCUT2D eigenvalue weighted by molar-refractivity contribution is 5.70. The Morgan fingerprint density at radius 3 is 2.42 bits per heavy atom. The Kier molecular flexibility index (Phi) is 8.69. The number of benzene rings is 1. The molecule has 1 heterocycles. The van der Waals surface area contributed by atoms with Gasteiger partial charge in [-0.15, -0.1) is 0 Å². The van der Waals surface area contributed by atoms with Gasteiger partial charge in [0.1, 0.15) is 11.1 Å². The normalized spacial score (nSPS) is 17.6. The summed E-state index contributed by atoms with van der Waals surface area (Å²) in [6.45, 7) is 9.91. The molecule has 2 N–H and O–H groups in total. The molecule has 2 rings (SSSR count). The summed E-state index contributed by atoms with van der Waals surface area (Å²) in [5.74, 6) is 5.55. The molecule has 1 aliphatic heterocycles. The second kappa shape index (κ2) is 10.8. The maximum Gasteiger partial charge on any atom is 0.408 e. The number of unbranched alkanes of at least 4 members (excludes halogenated alkanes) is 2. The van der Waals surface area contributed by atoms with Crippen molar-refractivity contribution < 1.29 is 24.1 Å². The first kappa shape index (κ1) is 24.9. The summed E-state index contributed by atoms with van der Waals surface area (Å²) in [5.41, 5.74) is 0.484. The molecule has 0 atom stereocenters. The van der Waals surface area contributed by atoms with E-state index in [0.29, 0.717) is 0 Å². The maximum atomic E-state index is 12.4. The number of aliphatic hydroxyl groups is 1. The fourth-order valence-corrected chi connectivity index (χ4v) is 2.83. The summed E-state index contributed by atoms with van der Waals surface area (Å²) in [5, 5.41) is 11.7. The highest BCUT2D eigenvalue weighted by Gasteiger charge is 2.40. The molecule has 0 spiro atoms. The number of carbonyl (C=O) groups is 1. The zero-order valence-corrected chi connectivity index (χ0v) is 19.3. The Morgan fingerprint density at radius 2 is 1.84 bits per heavy atom. The van der Waals surface area contributed by atoms with Crippen molar-refractivity contribution in [2.75, 3.05) is 19.8 Å². The Hall–Kier alpha value is -2.33. The SMILES string of the molecule is CC(C)(C)OC(=O)NC1(C=Cc2ccc(C#CCCCCO)cc2)COC(C)(C)OC1. The summed E-state index contributed by atoms with van der Waals surface area (Å²) in [7, 11) is 0. The predicted octanol–water partition coefficient (Wildman–Crippen LogP) is 4.26. The van der Waals surface area contributed by atoms with Gasteiger partial charge in [-0.25, -0.2) is 4.79 Å². The number of carbonyl (C=O) groups excluding carboxylic acids is 1. The molecule has 1 saturated heterocycles. The van der Waals surface area contributed by atoms with Gasteiger partial charge in [0, 0.05) is 18.6 Å². The number of hydrogen-bond donors (Lipinski definition) is 2. The molecule has 6 heteroatoms. The fourth-order valence-electron chi connectivity index (χ4n) is 2.83. The lowest BCUT2D eigenvalue weighted by Gasteiger charge is -2.42. The highest BCUT2D eigenvalue weighted by atomic mass is 16.7. The van der Waals surface area contributed by atoms with Gasteiger partial charge < -0.3 is 24.6 Å². The fraction of sp³-hybridized carbons (Fsp3) is 0.560. The number of rotatable bonds is 6. The van der Waals surface area contributed by atoms with Crippen molar-refractivity contribution >= 4 is 12.2 Å². The first-order valence-corrected chi connectivity index (χ1v) is 10.7. The van der Waals surface area contributed by atoms with Crippen LogP contribution in [-0.2, 0) is 14.2 Å². The largest absolute Gasteiger partial charge is 0.444 e. The third kappa shape index (κ3) is 9.14. The van der Waals surface area contributed by atoms with Crippen molar-refractivity contribution in [3.05, 3.63) is 41.5 Å². The van der Waals surface area contributed by atoms with E-state index in [9.17, 15) is 4.79 Å². The number of hydrogen-bond acceptors (Lipinski definition) is 5. The second-order valence-electron chi connectivity index (χ2n) is 9.20. The van der Waals surface area contributed by atoms with Gasteiger partial charge in [0.25, 0.3) is 0 Å². The van der Waals surface area contributed by atoms with Gasteiger partial charge in [-0.2, -0.15) is 0 Å². The van der Waals surface area contributed by atoms with Crippen LogP contribution in [-0.4, -0.2) is 47.9 Å². The third-order valence-electron chi connectivity index (χ3n) is 4.55. The minimum absolute atomic E-state index is 0.209. The van der Waals surface area contributed by atoms with E-state index in [1.165, 1.54) is 0 Å². The van der Waals surface area contributed by atoms with Crippen LogP contribution in [0.5, 0.6) is 0 Å². The predicted molar refractivity (Wildman–Crippen MR) is 121 cm³/mol. The van der Waals surface area contributed by atoms with Crippen LogP contribution in [0.2, 0.25) is 0 Å². The van der Waals surface area contributed by atoms with Crippen LogP contribution in [0, 0.1) is 11.8 Å². The maximum absolute atomic E-state index is 12.4. The molecule has 0 unspecified atom stereocenters. The molecule has 6 nitrogen and oxygen atoms in total. The summed E-state index contributed by atoms with van der Waals surface area (Å²) in [4.78, 5) is 12.4. The second-order valence-corrected chi connectivity index (χ2v) is 9.20. The molecule has 1 fully saturated rings. The highest BCUT2D eigenvalue weighted by Crippen LogP contribution is 2.26. The average molecular weight is 430 g/mol. The van der Waals surface area contributed by atoms with Crippen molar-refractivity contribution in [2.45, 2.75) is 70.8 Å². The van der Waals surface area contributed by atoms with Gasteiger partial charge in [-0.3, -0.25) is 0 Å². The van der Waals surface area contributed by atoms with E-state index >= 15 is 0 Å². The third-order valence-corrected chi connectivity index (χ3v) is 4.55. The molecule has 1 aliphatic rings. The van der Waals surface area contributed by atoms with Crippen LogP contribution < -0.4 is 5.32 Å². The standard InChI is InChI=1S/C25H35NO5/c1-23(2,3)31-22(28)26-25(18-29-24(4,5)30-19-25)16-15-21-13-11-20(12-14-21)10-8-6-7-9-17-27/h11-16,27H,6-7,9,17-19H2,1-5H3,(H,26,28). The average Bonchev–Trinajstić information content (AvgIpc) is 2.68. The zero-order chi connectivity index (χ0) is 23.0. The Morgan fingerprint density at radius 1 is 1.19 bits per heavy atom. The molecule has 0 radical (unpaired) electrons. The van der Waals surface area contributed by atoms with Gasteiger partial charge in [0.05, 0.1) is 13.2 Å². The molecule has 0 bridgehead atoms. The number of aliphatic hydroxyl groups excluding tert-OH is 1. The lowest BCUT2D eigenvalue weighted by Crippen LogP contribution is -2.60. The van der Waals surface area contributed by atoms with Gasteiger partial charge in [-0.05, 0) is 65.2 Å². The van der Waals surface area contributed by atoms with E-state index in [1.807, 2.05) is 71.0 Å². The van der Waals surface area contributed by atoms with Crippen molar-refractivity contribution in [1.29, 1.82) is 0 Å². The molecule has 31 heavy (non-hydrogen) atoms. The van der Waals surface area contributed by atoms with Crippen molar-refractivity contribution in [2.24, 2.45) is 0 Å². The zero-order valence-electron chi connectivity index (χ0n) is 19.3. The Labute approximate surface area is 186 Å². The molecule has 1 aromatic carbocycles. The molecule has 0 aromatic heterocycles. The van der Waals surface area contributed by atoms with Crippen LogP contribution >= 0.6 is 0 Å². The monoisotopic (exact) mass is 429 g/mol. The van der Waals surface area contributed by atoms with Crippen molar-refractivity contribution in [1.82, 2.24) is 5.32 Å². The summed E-state index contributed by atoms with van der Waals surface area (Å²) >= 11 is 0. The molecule has 1 aromatic rings. The van der Waals surface area contributed by atoms with E-state index in [-0.39, 0.29) is 19.8 Å². The Balaban J connectivity index is 2.08. The lowest BCUT2D eigenvalue weighted by molar-refractivity contribution is -0.263. The number of alkyl carbamates (subject to hydrolysis) is 1. The molecular formula is C25H35NO5. The summed E-state index contributed by atoms with van der Waals surface area (Å²) in [6, 6.07) is 7.88. The molecule has 1 amide bonds. The smallest absolute Gasteiger partial charge is 0.408 e. The van der Waals surface area contributed by atoms with E-state index in [2.05, 4.69) is 17.2 Å². The van der Waals surface area contributed by atoms with Gasteiger partial charge >= 0.3 is 6.09 Å². The first-order chi connectivity index (χ1) is 14.5. The number of nitrogens with one attached hydrogen (secondary N) is 1. The first-order valence-electron chi connectivity index (χ1n) is 10.7. The van der Waals surface area contributed by atoms with Crippen molar-refractivity contribution in [3.63, 3.8) is 0 Å². The number of ether oxygens (including phenoxy) is 3. The Bertz CT molecular complexity index is 799. The topological polar surface area (TPSA) is 77.0 Å². The molecule has 0 saturated carbocycles. The van der Waals surface area contributed by atoms with Crippen LogP contribution in [0.25, 0.3) is 6.08 Å². The summed E-state index contributed by atoms with van der Waals surface area (Å²) in [6.07, 6.45) is 5.76.